The fourth-order valence-corrected chi connectivity index (χ4v) is 5.59. The van der Waals surface area contributed by atoms with Gasteiger partial charge in [-0.1, -0.05) is 37.3 Å². The predicted octanol–water partition coefficient (Wildman–Crippen LogP) is 1.93. The third kappa shape index (κ3) is 5.30. The van der Waals surface area contributed by atoms with Crippen molar-refractivity contribution in [2.45, 2.75) is 44.4 Å². The van der Waals surface area contributed by atoms with Gasteiger partial charge in [0.15, 0.2) is 0 Å². The Labute approximate surface area is 163 Å². The number of amides is 1. The lowest BCUT2D eigenvalue weighted by molar-refractivity contribution is -0.136. The lowest BCUT2D eigenvalue weighted by atomic mass is 10.00. The molecule has 2 fully saturated rings. The summed E-state index contributed by atoms with van der Waals surface area (Å²) in [6, 6.07) is 9.66. The zero-order valence-electron chi connectivity index (χ0n) is 16.2. The van der Waals surface area contributed by atoms with Crippen molar-refractivity contribution in [2.24, 2.45) is 0 Å². The Balaban J connectivity index is 1.50. The van der Waals surface area contributed by atoms with Crippen LogP contribution in [0.5, 0.6) is 0 Å². The van der Waals surface area contributed by atoms with Gasteiger partial charge in [0.1, 0.15) is 0 Å². The van der Waals surface area contributed by atoms with E-state index in [0.717, 1.165) is 31.4 Å². The van der Waals surface area contributed by atoms with E-state index in [0.29, 0.717) is 38.8 Å². The van der Waals surface area contributed by atoms with Gasteiger partial charge in [-0.05, 0) is 31.2 Å². The van der Waals surface area contributed by atoms with Crippen molar-refractivity contribution in [3.63, 3.8) is 0 Å². The molecule has 3 rings (SSSR count). The Hall–Kier alpha value is -1.44. The van der Waals surface area contributed by atoms with E-state index in [9.17, 15) is 13.2 Å². The van der Waals surface area contributed by atoms with E-state index in [2.05, 4.69) is 11.8 Å². The molecule has 1 aromatic carbocycles. The molecule has 2 aliphatic rings. The molecule has 0 aliphatic carbocycles. The van der Waals surface area contributed by atoms with E-state index in [1.165, 1.54) is 6.42 Å². The number of carbonyl (C=O) groups is 1. The summed E-state index contributed by atoms with van der Waals surface area (Å²) in [5.41, 5.74) is 0.811. The van der Waals surface area contributed by atoms with Gasteiger partial charge >= 0.3 is 0 Å². The Morgan fingerprint density at radius 1 is 1.04 bits per heavy atom. The maximum atomic E-state index is 12.7. The van der Waals surface area contributed by atoms with Crippen LogP contribution in [-0.4, -0.2) is 73.7 Å². The first-order chi connectivity index (χ1) is 13.0. The summed E-state index contributed by atoms with van der Waals surface area (Å²) in [6.45, 7) is 5.56. The van der Waals surface area contributed by atoms with Crippen molar-refractivity contribution < 1.29 is 13.2 Å². The second-order valence-electron chi connectivity index (χ2n) is 7.56. The van der Waals surface area contributed by atoms with Gasteiger partial charge < -0.3 is 4.90 Å². The normalized spacial score (nSPS) is 22.7. The summed E-state index contributed by atoms with van der Waals surface area (Å²) in [5, 5.41) is 0. The first-order valence-electron chi connectivity index (χ1n) is 10.0. The highest BCUT2D eigenvalue weighted by Gasteiger charge is 2.30. The lowest BCUT2D eigenvalue weighted by Gasteiger charge is -2.38. The number of hydrogen-bond acceptors (Lipinski definition) is 4. The predicted molar refractivity (Wildman–Crippen MR) is 107 cm³/mol. The van der Waals surface area contributed by atoms with Crippen LogP contribution in [0, 0.1) is 0 Å². The van der Waals surface area contributed by atoms with E-state index < -0.39 is 10.0 Å². The van der Waals surface area contributed by atoms with Crippen LogP contribution in [0.25, 0.3) is 0 Å². The van der Waals surface area contributed by atoms with Gasteiger partial charge in [0.2, 0.25) is 15.9 Å². The third-order valence-corrected chi connectivity index (χ3v) is 7.54. The van der Waals surface area contributed by atoms with Crippen molar-refractivity contribution in [1.29, 1.82) is 0 Å². The lowest BCUT2D eigenvalue weighted by Crippen LogP contribution is -2.53. The molecule has 150 valence electrons. The second-order valence-corrected chi connectivity index (χ2v) is 9.53. The monoisotopic (exact) mass is 393 g/mol. The molecule has 2 saturated heterocycles. The molecular formula is C20H31N3O3S. The summed E-state index contributed by atoms with van der Waals surface area (Å²) >= 11 is 0. The molecule has 6 nitrogen and oxygen atoms in total. The van der Waals surface area contributed by atoms with Crippen molar-refractivity contribution >= 4 is 15.9 Å². The van der Waals surface area contributed by atoms with Crippen LogP contribution in [0.2, 0.25) is 0 Å². The number of carbonyl (C=O) groups excluding carboxylic acids is 1. The SMILES string of the molecule is CCC1CCCCN1C(=O)CN1CCN(S(=O)(=O)Cc2ccccc2)CC1. The number of piperazine rings is 1. The maximum Gasteiger partial charge on any atom is 0.236 e. The topological polar surface area (TPSA) is 60.9 Å². The fraction of sp³-hybridized carbons (Fsp3) is 0.650. The smallest absolute Gasteiger partial charge is 0.236 e. The standard InChI is InChI=1S/C20H31N3O3S/c1-2-19-10-6-7-11-23(19)20(24)16-21-12-14-22(15-13-21)27(25,26)17-18-8-4-3-5-9-18/h3-5,8-9,19H,2,6-7,10-17H2,1H3. The minimum atomic E-state index is -3.31. The summed E-state index contributed by atoms with van der Waals surface area (Å²) < 4.78 is 26.9. The maximum absolute atomic E-state index is 12.7. The minimum absolute atomic E-state index is 0.0404. The average molecular weight is 394 g/mol. The zero-order valence-corrected chi connectivity index (χ0v) is 17.0. The highest BCUT2D eigenvalue weighted by atomic mass is 32.2. The second kappa shape index (κ2) is 9.17. The van der Waals surface area contributed by atoms with Gasteiger partial charge in [0.25, 0.3) is 0 Å². The number of nitrogens with zero attached hydrogens (tertiary/aromatic N) is 3. The zero-order chi connectivity index (χ0) is 19.3. The molecule has 0 bridgehead atoms. The van der Waals surface area contributed by atoms with Gasteiger partial charge in [-0.2, -0.15) is 4.31 Å². The molecule has 0 spiro atoms. The number of rotatable bonds is 6. The molecule has 0 N–H and O–H groups in total. The van der Waals surface area contributed by atoms with E-state index in [1.807, 2.05) is 35.2 Å². The summed E-state index contributed by atoms with van der Waals surface area (Å²) in [4.78, 5) is 16.8. The number of benzene rings is 1. The van der Waals surface area contributed by atoms with Gasteiger partial charge in [0.05, 0.1) is 12.3 Å². The Kier molecular flexibility index (Phi) is 6.89. The van der Waals surface area contributed by atoms with Crippen LogP contribution in [0.4, 0.5) is 0 Å². The summed E-state index contributed by atoms with van der Waals surface area (Å²) in [5.74, 6) is 0.237. The van der Waals surface area contributed by atoms with Crippen LogP contribution in [-0.2, 0) is 20.6 Å². The van der Waals surface area contributed by atoms with Crippen molar-refractivity contribution in [2.75, 3.05) is 39.3 Å². The van der Waals surface area contributed by atoms with Gasteiger partial charge in [-0.3, -0.25) is 9.69 Å². The third-order valence-electron chi connectivity index (χ3n) is 5.69. The first-order valence-corrected chi connectivity index (χ1v) is 11.6. The van der Waals surface area contributed by atoms with Crippen LogP contribution in [0.15, 0.2) is 30.3 Å². The van der Waals surface area contributed by atoms with Crippen LogP contribution >= 0.6 is 0 Å². The van der Waals surface area contributed by atoms with E-state index in [4.69, 9.17) is 0 Å². The molecule has 1 atom stereocenters. The van der Waals surface area contributed by atoms with E-state index in [1.54, 1.807) is 4.31 Å². The van der Waals surface area contributed by atoms with Crippen LogP contribution in [0.3, 0.4) is 0 Å². The Morgan fingerprint density at radius 2 is 1.74 bits per heavy atom. The van der Waals surface area contributed by atoms with Crippen molar-refractivity contribution in [3.05, 3.63) is 35.9 Å². The molecule has 1 unspecified atom stereocenters. The summed E-state index contributed by atoms with van der Waals surface area (Å²) in [7, 11) is -3.31. The first kappa shape index (κ1) is 20.3. The highest BCUT2D eigenvalue weighted by Crippen LogP contribution is 2.20. The number of hydrogen-bond donors (Lipinski definition) is 0. The van der Waals surface area contributed by atoms with Crippen molar-refractivity contribution in [3.8, 4) is 0 Å². The fourth-order valence-electron chi connectivity index (χ4n) is 4.08. The van der Waals surface area contributed by atoms with Crippen LogP contribution < -0.4 is 0 Å². The number of piperidine rings is 1. The van der Waals surface area contributed by atoms with Crippen LogP contribution in [0.1, 0.15) is 38.2 Å². The Bertz CT molecular complexity index is 715. The molecule has 1 aromatic rings. The molecule has 7 heteroatoms. The number of sulfonamides is 1. The van der Waals surface area contributed by atoms with E-state index in [-0.39, 0.29) is 11.7 Å². The number of likely N-dealkylation sites (tertiary alicyclic amines) is 1. The average Bonchev–Trinajstić information content (AvgIpc) is 2.68. The molecule has 2 aliphatic heterocycles. The van der Waals surface area contributed by atoms with Crippen molar-refractivity contribution in [1.82, 2.24) is 14.1 Å². The molecule has 0 aromatic heterocycles. The highest BCUT2D eigenvalue weighted by molar-refractivity contribution is 7.88. The van der Waals surface area contributed by atoms with Gasteiger partial charge in [0, 0.05) is 38.8 Å². The summed E-state index contributed by atoms with van der Waals surface area (Å²) in [6.07, 6.45) is 4.42. The van der Waals surface area contributed by atoms with Gasteiger partial charge in [-0.25, -0.2) is 8.42 Å². The van der Waals surface area contributed by atoms with Gasteiger partial charge in [-0.15, -0.1) is 0 Å². The molecule has 0 saturated carbocycles. The molecular weight excluding hydrogens is 362 g/mol. The molecule has 0 radical (unpaired) electrons. The Morgan fingerprint density at radius 3 is 2.41 bits per heavy atom. The quantitative estimate of drug-likeness (QED) is 0.741. The molecule has 2 heterocycles. The largest absolute Gasteiger partial charge is 0.339 e. The minimum Gasteiger partial charge on any atom is -0.339 e. The molecule has 1 amide bonds. The molecule has 27 heavy (non-hydrogen) atoms. The van der Waals surface area contributed by atoms with E-state index >= 15 is 0 Å².